The summed E-state index contributed by atoms with van der Waals surface area (Å²) < 4.78 is 11.1. The maximum Gasteiger partial charge on any atom is 0.221 e. The predicted molar refractivity (Wildman–Crippen MR) is 53.1 cm³/mol. The van der Waals surface area contributed by atoms with Crippen LogP contribution < -0.4 is 5.32 Å². The van der Waals surface area contributed by atoms with Gasteiger partial charge in [0, 0.05) is 34.6 Å². The predicted octanol–water partition coefficient (Wildman–Crippen LogP) is 1.38. The summed E-state index contributed by atoms with van der Waals surface area (Å²) in [7, 11) is -1.01. The van der Waals surface area contributed by atoms with Gasteiger partial charge in [-0.25, -0.2) is 0 Å². The number of nitrogens with one attached hydrogen (secondary N) is 1. The van der Waals surface area contributed by atoms with Crippen molar-refractivity contribution in [3.05, 3.63) is 24.3 Å². The van der Waals surface area contributed by atoms with E-state index in [0.29, 0.717) is 10.6 Å². The van der Waals surface area contributed by atoms with Crippen molar-refractivity contribution in [2.24, 2.45) is 0 Å². The number of hydrogen-bond acceptors (Lipinski definition) is 2. The molecule has 1 amide bonds. The summed E-state index contributed by atoms with van der Waals surface area (Å²) in [5.74, 6) is -0.126. The van der Waals surface area contributed by atoms with Gasteiger partial charge in [0.1, 0.15) is 0 Å². The zero-order valence-electron chi connectivity index (χ0n) is 7.53. The second kappa shape index (κ2) is 4.18. The van der Waals surface area contributed by atoms with Gasteiger partial charge in [0.15, 0.2) is 0 Å². The molecule has 0 aliphatic carbocycles. The van der Waals surface area contributed by atoms with Crippen LogP contribution in [-0.2, 0) is 15.6 Å². The van der Waals surface area contributed by atoms with Gasteiger partial charge in [0.25, 0.3) is 0 Å². The second-order valence-corrected chi connectivity index (χ2v) is 4.04. The van der Waals surface area contributed by atoms with Crippen LogP contribution >= 0.6 is 0 Å². The van der Waals surface area contributed by atoms with Crippen molar-refractivity contribution in [1.29, 1.82) is 0 Å². The lowest BCUT2D eigenvalue weighted by atomic mass is 10.3. The zero-order valence-corrected chi connectivity index (χ0v) is 8.35. The molecule has 0 saturated heterocycles. The highest BCUT2D eigenvalue weighted by Gasteiger charge is 1.99. The van der Waals surface area contributed by atoms with E-state index in [-0.39, 0.29) is 5.91 Å². The van der Waals surface area contributed by atoms with Gasteiger partial charge < -0.3 is 5.32 Å². The summed E-state index contributed by atoms with van der Waals surface area (Å²) in [6.45, 7) is 1.44. The molecule has 0 aromatic heterocycles. The van der Waals surface area contributed by atoms with E-state index in [9.17, 15) is 9.00 Å². The molecule has 70 valence electrons. The van der Waals surface area contributed by atoms with Crippen LogP contribution in [0.2, 0.25) is 0 Å². The third-order valence-electron chi connectivity index (χ3n) is 1.49. The van der Waals surface area contributed by atoms with E-state index in [1.54, 1.807) is 30.5 Å². The highest BCUT2D eigenvalue weighted by molar-refractivity contribution is 7.84. The van der Waals surface area contributed by atoms with Crippen molar-refractivity contribution >= 4 is 22.4 Å². The molecule has 4 heteroatoms. The van der Waals surface area contributed by atoms with Crippen LogP contribution in [0.4, 0.5) is 5.69 Å². The van der Waals surface area contributed by atoms with Crippen LogP contribution in [0.1, 0.15) is 6.92 Å². The molecule has 1 aromatic rings. The number of rotatable bonds is 2. The standard InChI is InChI=1S/C9H11NO2S/c1-7(11)10-8-4-3-5-9(6-8)13(2)12/h3-6H,1-2H3,(H,10,11). The van der Waals surface area contributed by atoms with Crippen LogP contribution in [0, 0.1) is 0 Å². The van der Waals surface area contributed by atoms with E-state index in [1.165, 1.54) is 6.92 Å². The van der Waals surface area contributed by atoms with Crippen molar-refractivity contribution in [2.45, 2.75) is 11.8 Å². The summed E-state index contributed by atoms with van der Waals surface area (Å²) in [6, 6.07) is 7.00. The Bertz CT molecular complexity index is 349. The van der Waals surface area contributed by atoms with Gasteiger partial charge in [-0.15, -0.1) is 0 Å². The molecule has 3 nitrogen and oxygen atoms in total. The van der Waals surface area contributed by atoms with Gasteiger partial charge in [0.05, 0.1) is 0 Å². The van der Waals surface area contributed by atoms with E-state index in [0.717, 1.165) is 0 Å². The van der Waals surface area contributed by atoms with E-state index >= 15 is 0 Å². The van der Waals surface area contributed by atoms with Gasteiger partial charge in [-0.05, 0) is 18.2 Å². The first-order valence-corrected chi connectivity index (χ1v) is 5.36. The average molecular weight is 197 g/mol. The highest BCUT2D eigenvalue weighted by Crippen LogP contribution is 2.12. The zero-order chi connectivity index (χ0) is 9.84. The summed E-state index contributed by atoms with van der Waals surface area (Å²) in [5, 5.41) is 2.63. The van der Waals surface area contributed by atoms with E-state index in [2.05, 4.69) is 5.32 Å². The Morgan fingerprint density at radius 2 is 2.15 bits per heavy atom. The van der Waals surface area contributed by atoms with E-state index in [4.69, 9.17) is 0 Å². The Morgan fingerprint density at radius 1 is 1.46 bits per heavy atom. The molecule has 0 aliphatic heterocycles. The Kier molecular flexibility index (Phi) is 3.19. The Labute approximate surface area is 79.6 Å². The number of amides is 1. The van der Waals surface area contributed by atoms with Crippen molar-refractivity contribution in [3.8, 4) is 0 Å². The maximum atomic E-state index is 11.1. The molecule has 0 saturated carbocycles. The van der Waals surface area contributed by atoms with Crippen LogP contribution in [0.25, 0.3) is 0 Å². The minimum atomic E-state index is -1.01. The lowest BCUT2D eigenvalue weighted by Crippen LogP contribution is -2.05. The molecule has 0 bridgehead atoms. The molecule has 0 heterocycles. The van der Waals surface area contributed by atoms with Gasteiger partial charge in [-0.3, -0.25) is 9.00 Å². The molecular formula is C9H11NO2S. The van der Waals surface area contributed by atoms with E-state index in [1.807, 2.05) is 0 Å². The van der Waals surface area contributed by atoms with Crippen molar-refractivity contribution in [2.75, 3.05) is 11.6 Å². The van der Waals surface area contributed by atoms with Gasteiger partial charge in [0.2, 0.25) is 5.91 Å². The molecule has 0 aliphatic rings. The lowest BCUT2D eigenvalue weighted by Gasteiger charge is -2.02. The second-order valence-electron chi connectivity index (χ2n) is 2.66. The first-order valence-electron chi connectivity index (χ1n) is 3.80. The SMILES string of the molecule is CC(=O)Nc1cccc(S(C)=O)c1. The number of benzene rings is 1. The minimum Gasteiger partial charge on any atom is -0.326 e. The molecule has 13 heavy (non-hydrogen) atoms. The first-order chi connectivity index (χ1) is 6.09. The molecule has 1 rings (SSSR count). The van der Waals surface area contributed by atoms with Crippen LogP contribution in [-0.4, -0.2) is 16.4 Å². The largest absolute Gasteiger partial charge is 0.326 e. The maximum absolute atomic E-state index is 11.1. The molecule has 1 N–H and O–H groups in total. The fraction of sp³-hybridized carbons (Fsp3) is 0.222. The third kappa shape index (κ3) is 2.99. The molecule has 1 aromatic carbocycles. The van der Waals surface area contributed by atoms with E-state index < -0.39 is 10.8 Å². The van der Waals surface area contributed by atoms with Crippen LogP contribution in [0.15, 0.2) is 29.2 Å². The number of anilines is 1. The van der Waals surface area contributed by atoms with Crippen LogP contribution in [0.5, 0.6) is 0 Å². The summed E-state index contributed by atoms with van der Waals surface area (Å²) >= 11 is 0. The van der Waals surface area contributed by atoms with Crippen molar-refractivity contribution in [3.63, 3.8) is 0 Å². The summed E-state index contributed by atoms with van der Waals surface area (Å²) in [4.78, 5) is 11.4. The van der Waals surface area contributed by atoms with Gasteiger partial charge in [-0.2, -0.15) is 0 Å². The summed E-state index contributed by atoms with van der Waals surface area (Å²) in [6.07, 6.45) is 1.60. The summed E-state index contributed by atoms with van der Waals surface area (Å²) in [5.41, 5.74) is 0.681. The third-order valence-corrected chi connectivity index (χ3v) is 2.40. The van der Waals surface area contributed by atoms with Crippen molar-refractivity contribution in [1.82, 2.24) is 0 Å². The Morgan fingerprint density at radius 3 is 2.69 bits per heavy atom. The Balaban J connectivity index is 2.91. The van der Waals surface area contributed by atoms with Crippen LogP contribution in [0.3, 0.4) is 0 Å². The normalized spacial score (nSPS) is 12.2. The lowest BCUT2D eigenvalue weighted by molar-refractivity contribution is -0.114. The fourth-order valence-electron chi connectivity index (χ4n) is 0.956. The molecule has 1 unspecified atom stereocenters. The van der Waals surface area contributed by atoms with Gasteiger partial charge >= 0.3 is 0 Å². The highest BCUT2D eigenvalue weighted by atomic mass is 32.2. The average Bonchev–Trinajstić information content (AvgIpc) is 2.03. The molecule has 1 atom stereocenters. The minimum absolute atomic E-state index is 0.126. The molecule has 0 fully saturated rings. The smallest absolute Gasteiger partial charge is 0.221 e. The van der Waals surface area contributed by atoms with Crippen molar-refractivity contribution < 1.29 is 9.00 Å². The molecule has 0 spiro atoms. The number of carbonyl (C=O) groups excluding carboxylic acids is 1. The topological polar surface area (TPSA) is 46.2 Å². The number of carbonyl (C=O) groups is 1. The molecule has 0 radical (unpaired) electrons. The van der Waals surface area contributed by atoms with Gasteiger partial charge in [-0.1, -0.05) is 6.07 Å². The monoisotopic (exact) mass is 197 g/mol. The molecular weight excluding hydrogens is 186 g/mol. The fourth-order valence-corrected chi connectivity index (χ4v) is 1.52. The Hall–Kier alpha value is -1.16. The number of hydrogen-bond donors (Lipinski definition) is 1. The quantitative estimate of drug-likeness (QED) is 0.778. The first kappa shape index (κ1) is 9.92.